The Balaban J connectivity index is 1.42. The van der Waals surface area contributed by atoms with Gasteiger partial charge in [-0.1, -0.05) is 12.1 Å². The molecule has 0 amide bonds. The maximum Gasteiger partial charge on any atom is 0.225 e. The van der Waals surface area contributed by atoms with Crippen LogP contribution in [0.25, 0.3) is 0 Å². The third kappa shape index (κ3) is 3.26. The van der Waals surface area contributed by atoms with Gasteiger partial charge in [-0.2, -0.15) is 0 Å². The predicted octanol–water partition coefficient (Wildman–Crippen LogP) is 3.11. The fourth-order valence-corrected chi connectivity index (χ4v) is 4.19. The van der Waals surface area contributed by atoms with Gasteiger partial charge in [0.05, 0.1) is 0 Å². The molecule has 2 fully saturated rings. The number of likely N-dealkylation sites (tertiary alicyclic amines) is 1. The summed E-state index contributed by atoms with van der Waals surface area (Å²) in [4.78, 5) is 13.6. The minimum absolute atomic E-state index is 0.164. The molecule has 2 aliphatic heterocycles. The molecule has 3 heterocycles. The molecule has 0 aliphatic carbocycles. The first kappa shape index (κ1) is 15.5. The van der Waals surface area contributed by atoms with E-state index in [4.69, 9.17) is 0 Å². The molecule has 24 heavy (non-hydrogen) atoms. The molecular formula is C19H23FN4. The maximum atomic E-state index is 13.1. The molecule has 0 radical (unpaired) electrons. The van der Waals surface area contributed by atoms with E-state index >= 15 is 0 Å². The highest BCUT2D eigenvalue weighted by Gasteiger charge is 2.41. The van der Waals surface area contributed by atoms with Crippen LogP contribution in [0.4, 0.5) is 10.3 Å². The Labute approximate surface area is 142 Å². The van der Waals surface area contributed by atoms with Crippen molar-refractivity contribution in [2.45, 2.75) is 25.8 Å². The second-order valence-electron chi connectivity index (χ2n) is 7.16. The molecule has 0 N–H and O–H groups in total. The van der Waals surface area contributed by atoms with Crippen molar-refractivity contribution >= 4 is 5.95 Å². The molecule has 1 aromatic heterocycles. The van der Waals surface area contributed by atoms with Crippen LogP contribution in [0.5, 0.6) is 0 Å². The minimum atomic E-state index is -0.164. The van der Waals surface area contributed by atoms with Gasteiger partial charge in [-0.15, -0.1) is 0 Å². The Bertz CT molecular complexity index is 676. The van der Waals surface area contributed by atoms with Crippen molar-refractivity contribution < 1.29 is 4.39 Å². The predicted molar refractivity (Wildman–Crippen MR) is 92.2 cm³/mol. The number of benzene rings is 1. The smallest absolute Gasteiger partial charge is 0.225 e. The molecule has 4 nitrogen and oxygen atoms in total. The highest BCUT2D eigenvalue weighted by molar-refractivity contribution is 5.32. The first-order valence-electron chi connectivity index (χ1n) is 8.71. The monoisotopic (exact) mass is 326 g/mol. The van der Waals surface area contributed by atoms with Gasteiger partial charge >= 0.3 is 0 Å². The van der Waals surface area contributed by atoms with Crippen molar-refractivity contribution in [2.24, 2.45) is 5.41 Å². The summed E-state index contributed by atoms with van der Waals surface area (Å²) >= 11 is 0. The third-order valence-corrected chi connectivity index (χ3v) is 5.33. The molecule has 5 heteroatoms. The van der Waals surface area contributed by atoms with Crippen LogP contribution in [0.15, 0.2) is 42.7 Å². The summed E-state index contributed by atoms with van der Waals surface area (Å²) < 4.78 is 13.1. The normalized spacial score (nSPS) is 24.6. The lowest BCUT2D eigenvalue weighted by molar-refractivity contribution is 0.0991. The lowest BCUT2D eigenvalue weighted by Crippen LogP contribution is -2.44. The van der Waals surface area contributed by atoms with Gasteiger partial charge in [0.1, 0.15) is 5.82 Å². The van der Waals surface area contributed by atoms with E-state index in [2.05, 4.69) is 19.8 Å². The van der Waals surface area contributed by atoms with Crippen molar-refractivity contribution in [1.29, 1.82) is 0 Å². The lowest BCUT2D eigenvalue weighted by atomic mass is 9.79. The van der Waals surface area contributed by atoms with Crippen molar-refractivity contribution in [2.75, 3.05) is 31.1 Å². The number of hydrogen-bond donors (Lipinski definition) is 0. The van der Waals surface area contributed by atoms with Crippen LogP contribution in [0.2, 0.25) is 0 Å². The van der Waals surface area contributed by atoms with E-state index in [-0.39, 0.29) is 5.82 Å². The number of piperidine rings is 1. The van der Waals surface area contributed by atoms with E-state index in [1.807, 2.05) is 30.6 Å². The zero-order chi connectivity index (χ0) is 16.4. The summed E-state index contributed by atoms with van der Waals surface area (Å²) in [6.07, 6.45) is 7.33. The number of aromatic nitrogens is 2. The van der Waals surface area contributed by atoms with Gasteiger partial charge in [-0.05, 0) is 49.6 Å². The van der Waals surface area contributed by atoms with Crippen LogP contribution in [0, 0.1) is 11.2 Å². The molecule has 2 saturated heterocycles. The van der Waals surface area contributed by atoms with E-state index in [0.29, 0.717) is 5.41 Å². The van der Waals surface area contributed by atoms with Crippen LogP contribution >= 0.6 is 0 Å². The summed E-state index contributed by atoms with van der Waals surface area (Å²) in [5, 5.41) is 0. The fraction of sp³-hybridized carbons (Fsp3) is 0.474. The van der Waals surface area contributed by atoms with Crippen LogP contribution in [0.1, 0.15) is 24.8 Å². The molecule has 1 aromatic carbocycles. The zero-order valence-corrected chi connectivity index (χ0v) is 13.9. The topological polar surface area (TPSA) is 32.3 Å². The molecule has 0 unspecified atom stereocenters. The van der Waals surface area contributed by atoms with Crippen molar-refractivity contribution in [3.8, 4) is 0 Å². The summed E-state index contributed by atoms with van der Waals surface area (Å²) in [6.45, 7) is 5.21. The summed E-state index contributed by atoms with van der Waals surface area (Å²) in [7, 11) is 0. The van der Waals surface area contributed by atoms with Gasteiger partial charge in [0.2, 0.25) is 5.95 Å². The number of nitrogens with zero attached hydrogens (tertiary/aromatic N) is 4. The first-order valence-corrected chi connectivity index (χ1v) is 8.71. The van der Waals surface area contributed by atoms with Gasteiger partial charge in [0.15, 0.2) is 0 Å². The SMILES string of the molecule is Fc1ccc(CN2CCC[C@]3(CCN(c4ncccn4)C3)C2)cc1. The summed E-state index contributed by atoms with van der Waals surface area (Å²) in [6, 6.07) is 8.77. The molecule has 1 atom stereocenters. The lowest BCUT2D eigenvalue weighted by Gasteiger charge is -2.40. The van der Waals surface area contributed by atoms with Crippen LogP contribution < -0.4 is 4.90 Å². The molecule has 126 valence electrons. The standard InChI is InChI=1S/C19H23FN4/c20-17-5-3-16(4-6-17)13-23-11-1-7-19(14-23)8-12-24(15-19)18-21-9-2-10-22-18/h2-6,9-10H,1,7-8,11-15H2/t19-/m0/s1. The van der Waals surface area contributed by atoms with Crippen molar-refractivity contribution in [3.63, 3.8) is 0 Å². The molecular weight excluding hydrogens is 303 g/mol. The number of hydrogen-bond acceptors (Lipinski definition) is 4. The second-order valence-corrected chi connectivity index (χ2v) is 7.16. The zero-order valence-electron chi connectivity index (χ0n) is 13.9. The van der Waals surface area contributed by atoms with Gasteiger partial charge in [-0.25, -0.2) is 14.4 Å². The molecule has 2 aromatic rings. The van der Waals surface area contributed by atoms with E-state index in [1.54, 1.807) is 12.1 Å². The highest BCUT2D eigenvalue weighted by atomic mass is 19.1. The number of halogens is 1. The molecule has 4 rings (SSSR count). The van der Waals surface area contributed by atoms with E-state index < -0.39 is 0 Å². The molecule has 2 aliphatic rings. The minimum Gasteiger partial charge on any atom is -0.340 e. The quantitative estimate of drug-likeness (QED) is 0.867. The van der Waals surface area contributed by atoms with Gasteiger partial charge < -0.3 is 4.90 Å². The van der Waals surface area contributed by atoms with E-state index in [9.17, 15) is 4.39 Å². The Morgan fingerprint density at radius 3 is 2.58 bits per heavy atom. The molecule has 0 saturated carbocycles. The maximum absolute atomic E-state index is 13.1. The Morgan fingerprint density at radius 1 is 1.00 bits per heavy atom. The van der Waals surface area contributed by atoms with Gasteiger partial charge in [0.25, 0.3) is 0 Å². The summed E-state index contributed by atoms with van der Waals surface area (Å²) in [5.74, 6) is 0.688. The van der Waals surface area contributed by atoms with Gasteiger partial charge in [0, 0.05) is 44.0 Å². The fourth-order valence-electron chi connectivity index (χ4n) is 4.19. The Hall–Kier alpha value is -2.01. The highest BCUT2D eigenvalue weighted by Crippen LogP contribution is 2.40. The van der Waals surface area contributed by atoms with Gasteiger partial charge in [-0.3, -0.25) is 4.90 Å². The molecule has 1 spiro atoms. The van der Waals surface area contributed by atoms with E-state index in [0.717, 1.165) is 38.7 Å². The molecule has 0 bridgehead atoms. The number of rotatable bonds is 3. The second kappa shape index (κ2) is 6.48. The Kier molecular flexibility index (Phi) is 4.19. The van der Waals surface area contributed by atoms with E-state index in [1.165, 1.54) is 24.8 Å². The van der Waals surface area contributed by atoms with Crippen molar-refractivity contribution in [1.82, 2.24) is 14.9 Å². The third-order valence-electron chi connectivity index (χ3n) is 5.33. The summed E-state index contributed by atoms with van der Waals surface area (Å²) in [5.41, 5.74) is 1.53. The largest absolute Gasteiger partial charge is 0.340 e. The van der Waals surface area contributed by atoms with Crippen LogP contribution in [-0.2, 0) is 6.54 Å². The van der Waals surface area contributed by atoms with Crippen LogP contribution in [-0.4, -0.2) is 41.0 Å². The Morgan fingerprint density at radius 2 is 1.79 bits per heavy atom. The number of anilines is 1. The average molecular weight is 326 g/mol. The average Bonchev–Trinajstić information content (AvgIpc) is 3.01. The van der Waals surface area contributed by atoms with Crippen LogP contribution in [0.3, 0.4) is 0 Å². The van der Waals surface area contributed by atoms with Crippen molar-refractivity contribution in [3.05, 3.63) is 54.1 Å². The first-order chi connectivity index (χ1) is 11.7.